The Morgan fingerprint density at radius 1 is 1.29 bits per heavy atom. The van der Waals surface area contributed by atoms with Crippen molar-refractivity contribution in [1.29, 1.82) is 0 Å². The van der Waals surface area contributed by atoms with E-state index in [-0.39, 0.29) is 5.56 Å². The average Bonchev–Trinajstić information content (AvgIpc) is 2.86. The minimum Gasteiger partial charge on any atom is -0.320 e. The molecule has 7 heteroatoms. The van der Waals surface area contributed by atoms with Gasteiger partial charge in [0.15, 0.2) is 0 Å². The molecular formula is C14H15F4N3. The smallest absolute Gasteiger partial charge is 0.320 e. The van der Waals surface area contributed by atoms with Crippen LogP contribution in [0.25, 0.3) is 0 Å². The lowest BCUT2D eigenvalue weighted by atomic mass is 10.00. The summed E-state index contributed by atoms with van der Waals surface area (Å²) in [7, 11) is 0. The van der Waals surface area contributed by atoms with E-state index in [9.17, 15) is 17.6 Å². The lowest BCUT2D eigenvalue weighted by Crippen LogP contribution is -2.14. The van der Waals surface area contributed by atoms with E-state index in [1.165, 1.54) is 12.3 Å². The molecule has 1 aromatic carbocycles. The summed E-state index contributed by atoms with van der Waals surface area (Å²) in [6, 6.07) is 2.01. The van der Waals surface area contributed by atoms with Crippen molar-refractivity contribution in [2.45, 2.75) is 32.1 Å². The highest BCUT2D eigenvalue weighted by Crippen LogP contribution is 2.33. The zero-order valence-corrected chi connectivity index (χ0v) is 11.4. The highest BCUT2D eigenvalue weighted by molar-refractivity contribution is 5.34. The van der Waals surface area contributed by atoms with Crippen molar-refractivity contribution in [3.63, 3.8) is 0 Å². The van der Waals surface area contributed by atoms with E-state index in [0.717, 1.165) is 18.6 Å². The Bertz CT molecular complexity index is 619. The first-order valence-electron chi connectivity index (χ1n) is 6.47. The maximum Gasteiger partial charge on any atom is 0.419 e. The van der Waals surface area contributed by atoms with Gasteiger partial charge in [0.1, 0.15) is 5.82 Å². The molecule has 0 fully saturated rings. The Labute approximate surface area is 119 Å². The molecule has 2 aromatic rings. The van der Waals surface area contributed by atoms with Crippen molar-refractivity contribution in [2.24, 2.45) is 5.73 Å². The predicted octanol–water partition coefficient (Wildman–Crippen LogP) is 3.50. The van der Waals surface area contributed by atoms with Crippen molar-refractivity contribution in [3.8, 4) is 0 Å². The molecule has 0 saturated carbocycles. The normalized spacial score (nSPS) is 13.4. The molecule has 2 N–H and O–H groups in total. The topological polar surface area (TPSA) is 43.8 Å². The van der Waals surface area contributed by atoms with Gasteiger partial charge in [0.05, 0.1) is 17.8 Å². The second kappa shape index (κ2) is 5.85. The fraction of sp³-hybridized carbons (Fsp3) is 0.357. The molecule has 0 amide bonds. The standard InChI is InChI=1S/C14H15F4N3/c1-2-5-21-8-10(7-20-21)13(19)9-3-4-12(15)11(6-9)14(16,17)18/h3-4,6-8,13H,2,5,19H2,1H3. The summed E-state index contributed by atoms with van der Waals surface area (Å²) in [5.74, 6) is -1.31. The highest BCUT2D eigenvalue weighted by Gasteiger charge is 2.34. The van der Waals surface area contributed by atoms with Crippen LogP contribution in [0.1, 0.15) is 36.1 Å². The maximum atomic E-state index is 13.3. The molecule has 3 nitrogen and oxygen atoms in total. The largest absolute Gasteiger partial charge is 0.419 e. The lowest BCUT2D eigenvalue weighted by Gasteiger charge is -2.14. The van der Waals surface area contributed by atoms with E-state index in [4.69, 9.17) is 5.73 Å². The van der Waals surface area contributed by atoms with E-state index in [1.54, 1.807) is 10.9 Å². The summed E-state index contributed by atoms with van der Waals surface area (Å²) in [6.45, 7) is 2.68. The van der Waals surface area contributed by atoms with Gasteiger partial charge in [-0.15, -0.1) is 0 Å². The van der Waals surface area contributed by atoms with Gasteiger partial charge in [-0.1, -0.05) is 13.0 Å². The maximum absolute atomic E-state index is 13.3. The number of hydrogen-bond acceptors (Lipinski definition) is 2. The Balaban J connectivity index is 2.32. The third-order valence-corrected chi connectivity index (χ3v) is 3.12. The van der Waals surface area contributed by atoms with Crippen molar-refractivity contribution >= 4 is 0 Å². The summed E-state index contributed by atoms with van der Waals surface area (Å²) in [5.41, 5.74) is 5.42. The number of halogens is 4. The number of nitrogens with two attached hydrogens (primary N) is 1. The van der Waals surface area contributed by atoms with Crippen LogP contribution in [0.4, 0.5) is 17.6 Å². The number of aromatic nitrogens is 2. The van der Waals surface area contributed by atoms with Crippen LogP contribution >= 0.6 is 0 Å². The van der Waals surface area contributed by atoms with Crippen molar-refractivity contribution in [2.75, 3.05) is 0 Å². The van der Waals surface area contributed by atoms with Crippen LogP contribution in [0, 0.1) is 5.82 Å². The lowest BCUT2D eigenvalue weighted by molar-refractivity contribution is -0.140. The zero-order valence-electron chi connectivity index (χ0n) is 11.4. The minimum atomic E-state index is -4.74. The molecule has 0 saturated heterocycles. The molecule has 0 spiro atoms. The first kappa shape index (κ1) is 15.5. The van der Waals surface area contributed by atoms with Gasteiger partial charge in [-0.05, 0) is 24.1 Å². The zero-order chi connectivity index (χ0) is 15.6. The van der Waals surface area contributed by atoms with Gasteiger partial charge < -0.3 is 5.73 Å². The van der Waals surface area contributed by atoms with Gasteiger partial charge >= 0.3 is 6.18 Å². The molecule has 1 heterocycles. The summed E-state index contributed by atoms with van der Waals surface area (Å²) in [5, 5.41) is 4.08. The molecule has 0 radical (unpaired) electrons. The number of nitrogens with zero attached hydrogens (tertiary/aromatic N) is 2. The molecule has 1 unspecified atom stereocenters. The van der Waals surface area contributed by atoms with Crippen LogP contribution < -0.4 is 5.73 Å². The van der Waals surface area contributed by atoms with Gasteiger partial charge in [0.25, 0.3) is 0 Å². The molecule has 0 aliphatic rings. The van der Waals surface area contributed by atoms with E-state index >= 15 is 0 Å². The molecule has 0 aliphatic heterocycles. The second-order valence-corrected chi connectivity index (χ2v) is 4.75. The van der Waals surface area contributed by atoms with Gasteiger partial charge in [-0.3, -0.25) is 4.68 Å². The van der Waals surface area contributed by atoms with Gasteiger partial charge in [0, 0.05) is 18.3 Å². The summed E-state index contributed by atoms with van der Waals surface area (Å²) < 4.78 is 53.0. The Hall–Kier alpha value is -1.89. The Kier molecular flexibility index (Phi) is 4.32. The van der Waals surface area contributed by atoms with Crippen LogP contribution in [0.2, 0.25) is 0 Å². The molecule has 1 aromatic heterocycles. The minimum absolute atomic E-state index is 0.194. The summed E-state index contributed by atoms with van der Waals surface area (Å²) in [6.07, 6.45) is -0.668. The number of aryl methyl sites for hydroxylation is 1. The molecule has 1 atom stereocenters. The van der Waals surface area contributed by atoms with Gasteiger partial charge in [-0.25, -0.2) is 4.39 Å². The SMILES string of the molecule is CCCn1cc(C(N)c2ccc(F)c(C(F)(F)F)c2)cn1. The fourth-order valence-corrected chi connectivity index (χ4v) is 2.04. The molecule has 21 heavy (non-hydrogen) atoms. The Morgan fingerprint density at radius 2 is 2.00 bits per heavy atom. The van der Waals surface area contributed by atoms with Gasteiger partial charge in [-0.2, -0.15) is 18.3 Å². The fourth-order valence-electron chi connectivity index (χ4n) is 2.04. The Morgan fingerprint density at radius 3 is 2.62 bits per heavy atom. The van der Waals surface area contributed by atoms with E-state index in [0.29, 0.717) is 12.1 Å². The van der Waals surface area contributed by atoms with Crippen molar-refractivity contribution in [1.82, 2.24) is 9.78 Å². The molecule has 0 bridgehead atoms. The third kappa shape index (κ3) is 3.41. The van der Waals surface area contributed by atoms with Crippen molar-refractivity contribution in [3.05, 3.63) is 53.1 Å². The van der Waals surface area contributed by atoms with Crippen molar-refractivity contribution < 1.29 is 17.6 Å². The van der Waals surface area contributed by atoms with E-state index in [2.05, 4.69) is 5.10 Å². The first-order valence-corrected chi connectivity index (χ1v) is 6.47. The second-order valence-electron chi connectivity index (χ2n) is 4.75. The monoisotopic (exact) mass is 301 g/mol. The van der Waals surface area contributed by atoms with Crippen LogP contribution in [-0.4, -0.2) is 9.78 Å². The van der Waals surface area contributed by atoms with Crippen LogP contribution in [0.15, 0.2) is 30.6 Å². The first-order chi connectivity index (χ1) is 9.82. The highest BCUT2D eigenvalue weighted by atomic mass is 19.4. The average molecular weight is 301 g/mol. The van der Waals surface area contributed by atoms with Crippen LogP contribution in [-0.2, 0) is 12.7 Å². The summed E-state index contributed by atoms with van der Waals surface area (Å²) >= 11 is 0. The molecule has 0 aliphatic carbocycles. The molecular weight excluding hydrogens is 286 g/mol. The molecule has 2 rings (SSSR count). The molecule has 114 valence electrons. The van der Waals surface area contributed by atoms with E-state index in [1.807, 2.05) is 6.92 Å². The number of rotatable bonds is 4. The number of hydrogen-bond donors (Lipinski definition) is 1. The number of alkyl halides is 3. The number of benzene rings is 1. The summed E-state index contributed by atoms with van der Waals surface area (Å²) in [4.78, 5) is 0. The van der Waals surface area contributed by atoms with Gasteiger partial charge in [0.2, 0.25) is 0 Å². The third-order valence-electron chi connectivity index (χ3n) is 3.12. The van der Waals surface area contributed by atoms with Crippen LogP contribution in [0.3, 0.4) is 0 Å². The quantitative estimate of drug-likeness (QED) is 0.878. The predicted molar refractivity (Wildman–Crippen MR) is 70.0 cm³/mol. The van der Waals surface area contributed by atoms with E-state index < -0.39 is 23.6 Å². The van der Waals surface area contributed by atoms with Crippen LogP contribution in [0.5, 0.6) is 0 Å².